The van der Waals surface area contributed by atoms with Crippen molar-refractivity contribution in [2.75, 3.05) is 5.32 Å². The van der Waals surface area contributed by atoms with Gasteiger partial charge in [-0.25, -0.2) is 4.39 Å². The molecule has 1 N–H and O–H groups in total. The van der Waals surface area contributed by atoms with E-state index in [0.717, 1.165) is 16.8 Å². The number of benzene rings is 2. The summed E-state index contributed by atoms with van der Waals surface area (Å²) in [4.78, 5) is 11.3. The Morgan fingerprint density at radius 1 is 1.20 bits per heavy atom. The van der Waals surface area contributed by atoms with Gasteiger partial charge in [-0.1, -0.05) is 18.2 Å². The highest BCUT2D eigenvalue weighted by atomic mass is 79.9. The molecule has 1 atom stereocenters. The van der Waals surface area contributed by atoms with Crippen LogP contribution >= 0.6 is 27.5 Å². The number of fused-ring (bicyclic) bond motifs is 1. The first-order valence-electron chi connectivity index (χ1n) is 6.06. The molecule has 0 spiro atoms. The van der Waals surface area contributed by atoms with Crippen LogP contribution in [-0.4, -0.2) is 5.91 Å². The zero-order valence-electron chi connectivity index (χ0n) is 10.3. The number of carbonyl (C=O) groups is 1. The lowest BCUT2D eigenvalue weighted by Gasteiger charge is -2.12. The van der Waals surface area contributed by atoms with Gasteiger partial charge < -0.3 is 5.32 Å². The van der Waals surface area contributed by atoms with Crippen molar-refractivity contribution in [3.05, 3.63) is 63.4 Å². The molecular formula is C15H10BrClFNO. The van der Waals surface area contributed by atoms with Gasteiger partial charge in [0.2, 0.25) is 5.91 Å². The molecule has 2 aromatic carbocycles. The maximum Gasteiger partial charge on any atom is 0.228 e. The Kier molecular flexibility index (Phi) is 3.52. The molecule has 0 fully saturated rings. The molecule has 1 aliphatic rings. The molecule has 2 nitrogen and oxygen atoms in total. The number of amides is 1. The standard InChI is InChI=1S/C15H10BrClFNO/c16-11-3-1-9(6-12(11)18)15(17)8-2-4-13-10(5-8)7-14(20)19-13/h1-6,15H,7H2,(H,19,20). The molecule has 1 unspecified atom stereocenters. The summed E-state index contributed by atoms with van der Waals surface area (Å²) in [6.07, 6.45) is 0.363. The molecule has 1 heterocycles. The summed E-state index contributed by atoms with van der Waals surface area (Å²) in [5.41, 5.74) is 3.29. The molecule has 0 aliphatic carbocycles. The third-order valence-electron chi connectivity index (χ3n) is 3.28. The molecule has 0 saturated carbocycles. The molecule has 5 heteroatoms. The number of hydrogen-bond donors (Lipinski definition) is 1. The SMILES string of the molecule is O=C1Cc2cc(C(Cl)c3ccc(Br)c(F)c3)ccc2N1. The van der Waals surface area contributed by atoms with Crippen LogP contribution in [0.2, 0.25) is 0 Å². The van der Waals surface area contributed by atoms with Gasteiger partial charge in [0.25, 0.3) is 0 Å². The number of nitrogens with one attached hydrogen (secondary N) is 1. The number of carbonyl (C=O) groups excluding carboxylic acids is 1. The third-order valence-corrected chi connectivity index (χ3v) is 4.43. The Labute approximate surface area is 129 Å². The fourth-order valence-corrected chi connectivity index (χ4v) is 2.79. The van der Waals surface area contributed by atoms with E-state index in [1.54, 1.807) is 12.1 Å². The van der Waals surface area contributed by atoms with Gasteiger partial charge in [-0.15, -0.1) is 11.6 Å². The Balaban J connectivity index is 1.94. The molecule has 0 saturated heterocycles. The number of rotatable bonds is 2. The minimum Gasteiger partial charge on any atom is -0.326 e. The highest BCUT2D eigenvalue weighted by Gasteiger charge is 2.20. The average Bonchev–Trinajstić information content (AvgIpc) is 2.80. The van der Waals surface area contributed by atoms with Gasteiger partial charge in [0.15, 0.2) is 0 Å². The van der Waals surface area contributed by atoms with Crippen molar-refractivity contribution in [1.29, 1.82) is 0 Å². The first-order chi connectivity index (χ1) is 9.54. The molecule has 1 aliphatic heterocycles. The second-order valence-corrected chi connectivity index (χ2v) is 5.97. The van der Waals surface area contributed by atoms with Crippen LogP contribution in [0.3, 0.4) is 0 Å². The summed E-state index contributed by atoms with van der Waals surface area (Å²) in [6.45, 7) is 0. The van der Waals surface area contributed by atoms with Gasteiger partial charge in [0.1, 0.15) is 5.82 Å². The fourth-order valence-electron chi connectivity index (χ4n) is 2.27. The van der Waals surface area contributed by atoms with Crippen molar-refractivity contribution >= 4 is 39.1 Å². The maximum absolute atomic E-state index is 13.6. The van der Waals surface area contributed by atoms with Crippen molar-refractivity contribution in [2.45, 2.75) is 11.8 Å². The molecule has 102 valence electrons. The molecule has 1 amide bonds. The van der Waals surface area contributed by atoms with Gasteiger partial charge >= 0.3 is 0 Å². The Bertz CT molecular complexity index is 704. The minimum absolute atomic E-state index is 0.0158. The lowest BCUT2D eigenvalue weighted by Crippen LogP contribution is -2.03. The minimum atomic E-state index is -0.446. The van der Waals surface area contributed by atoms with Crippen LogP contribution in [0.25, 0.3) is 0 Å². The number of anilines is 1. The van der Waals surface area contributed by atoms with Crippen molar-refractivity contribution in [1.82, 2.24) is 0 Å². The van der Waals surface area contributed by atoms with E-state index in [1.165, 1.54) is 6.07 Å². The predicted molar refractivity (Wildman–Crippen MR) is 80.6 cm³/mol. The molecule has 2 aromatic rings. The zero-order valence-corrected chi connectivity index (χ0v) is 12.6. The Morgan fingerprint density at radius 2 is 1.90 bits per heavy atom. The second-order valence-electron chi connectivity index (χ2n) is 4.68. The largest absolute Gasteiger partial charge is 0.326 e. The van der Waals surface area contributed by atoms with Gasteiger partial charge in [-0.3, -0.25) is 4.79 Å². The smallest absolute Gasteiger partial charge is 0.228 e. The summed E-state index contributed by atoms with van der Waals surface area (Å²) in [7, 11) is 0. The lowest BCUT2D eigenvalue weighted by atomic mass is 10.0. The summed E-state index contributed by atoms with van der Waals surface area (Å²) >= 11 is 9.52. The number of hydrogen-bond acceptors (Lipinski definition) is 1. The van der Waals surface area contributed by atoms with Crippen LogP contribution in [0.5, 0.6) is 0 Å². The molecule has 3 rings (SSSR count). The first-order valence-corrected chi connectivity index (χ1v) is 7.29. The van der Waals surface area contributed by atoms with Crippen LogP contribution in [-0.2, 0) is 11.2 Å². The molecule has 0 radical (unpaired) electrons. The highest BCUT2D eigenvalue weighted by Crippen LogP contribution is 2.34. The summed E-state index contributed by atoms with van der Waals surface area (Å²) < 4.78 is 14.0. The van der Waals surface area contributed by atoms with Gasteiger partial charge in [0, 0.05) is 5.69 Å². The topological polar surface area (TPSA) is 29.1 Å². The maximum atomic E-state index is 13.6. The lowest BCUT2D eigenvalue weighted by molar-refractivity contribution is -0.115. The quantitative estimate of drug-likeness (QED) is 0.795. The zero-order chi connectivity index (χ0) is 14.3. The van der Waals surface area contributed by atoms with E-state index in [1.807, 2.05) is 18.2 Å². The van der Waals surface area contributed by atoms with Gasteiger partial charge in [-0.2, -0.15) is 0 Å². The van der Waals surface area contributed by atoms with Crippen molar-refractivity contribution in [3.8, 4) is 0 Å². The van der Waals surface area contributed by atoms with Crippen molar-refractivity contribution in [3.63, 3.8) is 0 Å². The summed E-state index contributed by atoms with van der Waals surface area (Å²) in [5.74, 6) is -0.357. The molecule has 20 heavy (non-hydrogen) atoms. The van der Waals surface area contributed by atoms with Crippen molar-refractivity contribution in [2.24, 2.45) is 0 Å². The van der Waals surface area contributed by atoms with E-state index in [2.05, 4.69) is 21.2 Å². The average molecular weight is 355 g/mol. The monoisotopic (exact) mass is 353 g/mol. The summed E-state index contributed by atoms with van der Waals surface area (Å²) in [6, 6.07) is 10.4. The van der Waals surface area contributed by atoms with E-state index in [-0.39, 0.29) is 11.7 Å². The molecule has 0 aromatic heterocycles. The second kappa shape index (κ2) is 5.19. The van der Waals surface area contributed by atoms with E-state index >= 15 is 0 Å². The van der Waals surface area contributed by atoms with E-state index < -0.39 is 5.38 Å². The van der Waals surface area contributed by atoms with E-state index in [0.29, 0.717) is 16.5 Å². The first kappa shape index (κ1) is 13.6. The van der Waals surface area contributed by atoms with Gasteiger partial charge in [0.05, 0.1) is 16.3 Å². The normalized spacial score (nSPS) is 14.8. The number of halogens is 3. The van der Waals surface area contributed by atoms with Crippen molar-refractivity contribution < 1.29 is 9.18 Å². The van der Waals surface area contributed by atoms with E-state index in [9.17, 15) is 9.18 Å². The highest BCUT2D eigenvalue weighted by molar-refractivity contribution is 9.10. The fraction of sp³-hybridized carbons (Fsp3) is 0.133. The Hall–Kier alpha value is -1.39. The third kappa shape index (κ3) is 2.45. The van der Waals surface area contributed by atoms with Crippen LogP contribution in [0, 0.1) is 5.82 Å². The van der Waals surface area contributed by atoms with Gasteiger partial charge in [-0.05, 0) is 50.8 Å². The number of alkyl halides is 1. The van der Waals surface area contributed by atoms with Crippen LogP contribution in [0.1, 0.15) is 22.1 Å². The molecular weight excluding hydrogens is 345 g/mol. The molecule has 0 bridgehead atoms. The Morgan fingerprint density at radius 3 is 2.65 bits per heavy atom. The van der Waals surface area contributed by atoms with Crippen LogP contribution in [0.15, 0.2) is 40.9 Å². The van der Waals surface area contributed by atoms with E-state index in [4.69, 9.17) is 11.6 Å². The summed E-state index contributed by atoms with van der Waals surface area (Å²) in [5, 5.41) is 2.33. The van der Waals surface area contributed by atoms with Crippen LogP contribution in [0.4, 0.5) is 10.1 Å². The predicted octanol–water partition coefficient (Wildman–Crippen LogP) is 4.41. The van der Waals surface area contributed by atoms with Crippen LogP contribution < -0.4 is 5.32 Å².